The van der Waals surface area contributed by atoms with E-state index < -0.39 is 0 Å². The Hall–Kier alpha value is -2.15. The lowest BCUT2D eigenvalue weighted by atomic mass is 10.1. The van der Waals surface area contributed by atoms with E-state index in [1.54, 1.807) is 19.2 Å². The summed E-state index contributed by atoms with van der Waals surface area (Å²) < 4.78 is 18.7. The van der Waals surface area contributed by atoms with E-state index in [1.165, 1.54) is 25.0 Å². The first kappa shape index (κ1) is 21.6. The van der Waals surface area contributed by atoms with Gasteiger partial charge in [-0.2, -0.15) is 0 Å². The molecule has 1 saturated heterocycles. The standard InChI is InChI=1S/C22H33FN4O2/c1-3-24-22(25-14-20(29-2)16-8-10-18(23)11-9-16)26-19-12-13-27(15-19)21(28)17-6-4-5-7-17/h8-11,17,19-20H,3-7,12-15H2,1-2H3,(H2,24,25,26). The molecule has 1 aromatic carbocycles. The molecule has 7 heteroatoms. The Labute approximate surface area is 172 Å². The lowest BCUT2D eigenvalue weighted by Crippen LogP contribution is -2.45. The maximum atomic E-state index is 13.2. The number of rotatable bonds is 7. The molecule has 2 fully saturated rings. The van der Waals surface area contributed by atoms with E-state index in [0.29, 0.717) is 12.5 Å². The van der Waals surface area contributed by atoms with Gasteiger partial charge in [-0.15, -0.1) is 0 Å². The number of likely N-dealkylation sites (tertiary alicyclic amines) is 1. The summed E-state index contributed by atoms with van der Waals surface area (Å²) in [5.41, 5.74) is 0.891. The van der Waals surface area contributed by atoms with Gasteiger partial charge in [-0.05, 0) is 43.9 Å². The minimum Gasteiger partial charge on any atom is -0.375 e. The zero-order valence-electron chi connectivity index (χ0n) is 17.5. The van der Waals surface area contributed by atoms with Gasteiger partial charge in [0.1, 0.15) is 11.9 Å². The molecule has 2 aliphatic rings. The monoisotopic (exact) mass is 404 g/mol. The Morgan fingerprint density at radius 1 is 1.28 bits per heavy atom. The fourth-order valence-electron chi connectivity index (χ4n) is 4.19. The number of hydrogen-bond acceptors (Lipinski definition) is 3. The molecule has 6 nitrogen and oxygen atoms in total. The van der Waals surface area contributed by atoms with Crippen LogP contribution in [0, 0.1) is 11.7 Å². The average Bonchev–Trinajstić information content (AvgIpc) is 3.41. The summed E-state index contributed by atoms with van der Waals surface area (Å²) in [4.78, 5) is 19.3. The molecule has 160 valence electrons. The van der Waals surface area contributed by atoms with E-state index in [4.69, 9.17) is 4.74 Å². The quantitative estimate of drug-likeness (QED) is 0.542. The molecule has 29 heavy (non-hydrogen) atoms. The van der Waals surface area contributed by atoms with Crippen molar-refractivity contribution in [3.05, 3.63) is 35.6 Å². The highest BCUT2D eigenvalue weighted by atomic mass is 19.1. The van der Waals surface area contributed by atoms with Crippen LogP contribution in [-0.2, 0) is 9.53 Å². The number of methoxy groups -OCH3 is 1. The summed E-state index contributed by atoms with van der Waals surface area (Å²) in [6, 6.07) is 6.52. The zero-order chi connectivity index (χ0) is 20.6. The van der Waals surface area contributed by atoms with E-state index in [0.717, 1.165) is 50.4 Å². The van der Waals surface area contributed by atoms with Crippen LogP contribution in [0.3, 0.4) is 0 Å². The third-order valence-corrected chi connectivity index (χ3v) is 5.83. The number of nitrogens with zero attached hydrogens (tertiary/aromatic N) is 2. The van der Waals surface area contributed by atoms with E-state index in [-0.39, 0.29) is 23.9 Å². The Morgan fingerprint density at radius 3 is 2.66 bits per heavy atom. The summed E-state index contributed by atoms with van der Waals surface area (Å²) >= 11 is 0. The van der Waals surface area contributed by atoms with Gasteiger partial charge < -0.3 is 20.3 Å². The number of aliphatic imine (C=N–C) groups is 1. The summed E-state index contributed by atoms with van der Waals surface area (Å²) in [5.74, 6) is 1.01. The molecule has 1 heterocycles. The number of amides is 1. The van der Waals surface area contributed by atoms with E-state index >= 15 is 0 Å². The SMILES string of the molecule is CCNC(=NCC(OC)c1ccc(F)cc1)NC1CCN(C(=O)C2CCCC2)C1. The largest absolute Gasteiger partial charge is 0.375 e. The van der Waals surface area contributed by atoms with Crippen LogP contribution >= 0.6 is 0 Å². The van der Waals surface area contributed by atoms with Crippen LogP contribution in [-0.4, -0.2) is 56.1 Å². The predicted molar refractivity (Wildman–Crippen MR) is 112 cm³/mol. The Kier molecular flexibility index (Phi) is 7.86. The second-order valence-corrected chi connectivity index (χ2v) is 7.89. The second-order valence-electron chi connectivity index (χ2n) is 7.89. The minimum absolute atomic E-state index is 0.199. The van der Waals surface area contributed by atoms with Gasteiger partial charge in [-0.1, -0.05) is 25.0 Å². The van der Waals surface area contributed by atoms with Gasteiger partial charge in [-0.25, -0.2) is 4.39 Å². The van der Waals surface area contributed by atoms with Gasteiger partial charge in [0.05, 0.1) is 6.54 Å². The Balaban J connectivity index is 1.56. The van der Waals surface area contributed by atoms with Crippen LogP contribution in [0.4, 0.5) is 4.39 Å². The summed E-state index contributed by atoms with van der Waals surface area (Å²) in [6.07, 6.45) is 5.12. The molecule has 1 saturated carbocycles. The van der Waals surface area contributed by atoms with Gasteiger partial charge in [-0.3, -0.25) is 9.79 Å². The van der Waals surface area contributed by atoms with Crippen molar-refractivity contribution in [2.24, 2.45) is 10.9 Å². The molecule has 0 bridgehead atoms. The molecule has 0 radical (unpaired) electrons. The van der Waals surface area contributed by atoms with Crippen LogP contribution in [0.1, 0.15) is 50.7 Å². The molecule has 2 atom stereocenters. The van der Waals surface area contributed by atoms with Crippen molar-refractivity contribution >= 4 is 11.9 Å². The smallest absolute Gasteiger partial charge is 0.225 e. The number of nitrogens with one attached hydrogen (secondary N) is 2. The maximum Gasteiger partial charge on any atom is 0.225 e. The van der Waals surface area contributed by atoms with Gasteiger partial charge in [0, 0.05) is 38.7 Å². The summed E-state index contributed by atoms with van der Waals surface area (Å²) in [7, 11) is 1.63. The second kappa shape index (κ2) is 10.6. The third-order valence-electron chi connectivity index (χ3n) is 5.83. The van der Waals surface area contributed by atoms with Crippen LogP contribution in [0.5, 0.6) is 0 Å². The normalized spacial score (nSPS) is 21.4. The molecule has 0 aromatic heterocycles. The van der Waals surface area contributed by atoms with Crippen LogP contribution < -0.4 is 10.6 Å². The number of hydrogen-bond donors (Lipinski definition) is 2. The zero-order valence-corrected chi connectivity index (χ0v) is 17.5. The first-order chi connectivity index (χ1) is 14.1. The van der Waals surface area contributed by atoms with Crippen LogP contribution in [0.25, 0.3) is 0 Å². The molecule has 2 unspecified atom stereocenters. The van der Waals surface area contributed by atoms with Crippen molar-refractivity contribution in [1.82, 2.24) is 15.5 Å². The molecule has 1 aliphatic heterocycles. The molecular weight excluding hydrogens is 371 g/mol. The van der Waals surface area contributed by atoms with Gasteiger partial charge in [0.25, 0.3) is 0 Å². The number of benzene rings is 1. The summed E-state index contributed by atoms with van der Waals surface area (Å²) in [6.45, 7) is 4.73. The summed E-state index contributed by atoms with van der Waals surface area (Å²) in [5, 5.41) is 6.73. The van der Waals surface area contributed by atoms with Crippen molar-refractivity contribution in [3.63, 3.8) is 0 Å². The van der Waals surface area contributed by atoms with Crippen LogP contribution in [0.15, 0.2) is 29.3 Å². The van der Waals surface area contributed by atoms with Gasteiger partial charge in [0.15, 0.2) is 5.96 Å². The molecular formula is C22H33FN4O2. The first-order valence-corrected chi connectivity index (χ1v) is 10.7. The fourth-order valence-corrected chi connectivity index (χ4v) is 4.19. The Bertz CT molecular complexity index is 689. The van der Waals surface area contributed by atoms with Crippen molar-refractivity contribution in [3.8, 4) is 0 Å². The first-order valence-electron chi connectivity index (χ1n) is 10.7. The molecule has 1 aromatic rings. The molecule has 3 rings (SSSR count). The molecule has 1 aliphatic carbocycles. The minimum atomic E-state index is -0.264. The average molecular weight is 405 g/mol. The van der Waals surface area contributed by atoms with E-state index in [2.05, 4.69) is 15.6 Å². The number of guanidine groups is 1. The molecule has 0 spiro atoms. The van der Waals surface area contributed by atoms with Gasteiger partial charge >= 0.3 is 0 Å². The maximum absolute atomic E-state index is 13.2. The highest BCUT2D eigenvalue weighted by Crippen LogP contribution is 2.27. The van der Waals surface area contributed by atoms with Crippen molar-refractivity contribution < 1.29 is 13.9 Å². The molecule has 2 N–H and O–H groups in total. The lowest BCUT2D eigenvalue weighted by Gasteiger charge is -2.22. The molecule has 1 amide bonds. The fraction of sp³-hybridized carbons (Fsp3) is 0.636. The number of halogens is 1. The highest BCUT2D eigenvalue weighted by Gasteiger charge is 2.32. The highest BCUT2D eigenvalue weighted by molar-refractivity contribution is 5.81. The van der Waals surface area contributed by atoms with Crippen LogP contribution in [0.2, 0.25) is 0 Å². The predicted octanol–water partition coefficient (Wildman–Crippen LogP) is 2.86. The topological polar surface area (TPSA) is 66.0 Å². The van der Waals surface area contributed by atoms with Crippen molar-refractivity contribution in [2.45, 2.75) is 51.2 Å². The van der Waals surface area contributed by atoms with Crippen molar-refractivity contribution in [2.75, 3.05) is 33.3 Å². The van der Waals surface area contributed by atoms with Gasteiger partial charge in [0.2, 0.25) is 5.91 Å². The number of carbonyl (C=O) groups excluding carboxylic acids is 1. The number of ether oxygens (including phenoxy) is 1. The number of carbonyl (C=O) groups is 1. The Morgan fingerprint density at radius 2 is 2.00 bits per heavy atom. The van der Waals surface area contributed by atoms with E-state index in [9.17, 15) is 9.18 Å². The third kappa shape index (κ3) is 5.92. The van der Waals surface area contributed by atoms with E-state index in [1.807, 2.05) is 11.8 Å². The van der Waals surface area contributed by atoms with Crippen molar-refractivity contribution in [1.29, 1.82) is 0 Å². The lowest BCUT2D eigenvalue weighted by molar-refractivity contribution is -0.134.